The van der Waals surface area contributed by atoms with Crippen molar-refractivity contribution in [3.05, 3.63) is 41.2 Å². The van der Waals surface area contributed by atoms with Gasteiger partial charge in [-0.2, -0.15) is 5.21 Å². The standard InChI is InChI=1S/C15H19N5OS/c1-2-5-12(14-17-19-20-18-14)16-15(21)13-11-7-4-3-6-10(11)8-9-22-13/h3-4,6-7,12-13H,2,5,8-9H2,1H3,(H,16,21)(H,17,18,19,20)/t12-,13+/m1/s1. The molecule has 1 amide bonds. The molecule has 22 heavy (non-hydrogen) atoms. The van der Waals surface area contributed by atoms with E-state index in [4.69, 9.17) is 0 Å². The van der Waals surface area contributed by atoms with Gasteiger partial charge in [0.1, 0.15) is 5.25 Å². The fourth-order valence-corrected chi connectivity index (χ4v) is 3.93. The van der Waals surface area contributed by atoms with Gasteiger partial charge in [0.15, 0.2) is 5.82 Å². The van der Waals surface area contributed by atoms with Gasteiger partial charge in [-0.15, -0.1) is 22.0 Å². The molecule has 0 aliphatic carbocycles. The van der Waals surface area contributed by atoms with Crippen LogP contribution in [-0.4, -0.2) is 32.3 Å². The third-order valence-electron chi connectivity index (χ3n) is 3.80. The Balaban J connectivity index is 1.77. The Labute approximate surface area is 133 Å². The second-order valence-corrected chi connectivity index (χ2v) is 6.53. The number of carbonyl (C=O) groups excluding carboxylic acids is 1. The molecule has 2 atom stereocenters. The molecule has 0 unspecified atom stereocenters. The van der Waals surface area contributed by atoms with E-state index >= 15 is 0 Å². The van der Waals surface area contributed by atoms with Crippen LogP contribution < -0.4 is 5.32 Å². The maximum Gasteiger partial charge on any atom is 0.238 e. The normalized spacial score (nSPS) is 18.5. The van der Waals surface area contributed by atoms with Gasteiger partial charge in [-0.1, -0.05) is 42.8 Å². The van der Waals surface area contributed by atoms with Crippen molar-refractivity contribution in [2.75, 3.05) is 5.75 Å². The highest BCUT2D eigenvalue weighted by atomic mass is 32.2. The third kappa shape index (κ3) is 3.14. The summed E-state index contributed by atoms with van der Waals surface area (Å²) in [6.07, 6.45) is 2.76. The number of aromatic amines is 1. The molecular formula is C15H19N5OS. The monoisotopic (exact) mass is 317 g/mol. The van der Waals surface area contributed by atoms with Crippen molar-refractivity contribution in [3.63, 3.8) is 0 Å². The molecular weight excluding hydrogens is 298 g/mol. The van der Waals surface area contributed by atoms with Crippen LogP contribution in [-0.2, 0) is 11.2 Å². The molecule has 0 bridgehead atoms. The molecule has 116 valence electrons. The molecule has 0 saturated carbocycles. The average Bonchev–Trinajstić information content (AvgIpc) is 3.08. The largest absolute Gasteiger partial charge is 0.345 e. The molecule has 2 N–H and O–H groups in total. The number of aryl methyl sites for hydroxylation is 1. The fraction of sp³-hybridized carbons (Fsp3) is 0.467. The summed E-state index contributed by atoms with van der Waals surface area (Å²) in [7, 11) is 0. The van der Waals surface area contributed by atoms with Crippen molar-refractivity contribution in [1.82, 2.24) is 25.9 Å². The highest BCUT2D eigenvalue weighted by Gasteiger charge is 2.29. The third-order valence-corrected chi connectivity index (χ3v) is 5.04. The highest BCUT2D eigenvalue weighted by Crippen LogP contribution is 2.37. The summed E-state index contributed by atoms with van der Waals surface area (Å²) in [6.45, 7) is 2.07. The van der Waals surface area contributed by atoms with Crippen LogP contribution in [0.4, 0.5) is 0 Å². The van der Waals surface area contributed by atoms with E-state index in [1.807, 2.05) is 12.1 Å². The first kappa shape index (κ1) is 15.0. The molecule has 2 heterocycles. The van der Waals surface area contributed by atoms with Crippen LogP contribution in [0.15, 0.2) is 24.3 Å². The summed E-state index contributed by atoms with van der Waals surface area (Å²) < 4.78 is 0. The van der Waals surface area contributed by atoms with Gasteiger partial charge >= 0.3 is 0 Å². The molecule has 0 fully saturated rings. The van der Waals surface area contributed by atoms with E-state index in [1.54, 1.807) is 11.8 Å². The van der Waals surface area contributed by atoms with Crippen LogP contribution in [0.5, 0.6) is 0 Å². The van der Waals surface area contributed by atoms with Gasteiger partial charge in [0.2, 0.25) is 5.91 Å². The van der Waals surface area contributed by atoms with Gasteiger partial charge in [-0.05, 0) is 29.7 Å². The van der Waals surface area contributed by atoms with Crippen LogP contribution >= 0.6 is 11.8 Å². The number of tetrazole rings is 1. The lowest BCUT2D eigenvalue weighted by Crippen LogP contribution is -2.34. The number of hydrogen-bond acceptors (Lipinski definition) is 5. The van der Waals surface area contributed by atoms with Gasteiger partial charge in [0, 0.05) is 0 Å². The Kier molecular flexibility index (Phi) is 4.72. The number of thioether (sulfide) groups is 1. The molecule has 1 aliphatic heterocycles. The molecule has 0 saturated heterocycles. The maximum atomic E-state index is 12.7. The van der Waals surface area contributed by atoms with E-state index < -0.39 is 0 Å². The number of rotatable bonds is 5. The van der Waals surface area contributed by atoms with Gasteiger partial charge in [0.25, 0.3) is 0 Å². The van der Waals surface area contributed by atoms with E-state index in [2.05, 4.69) is 45.0 Å². The van der Waals surface area contributed by atoms with Crippen LogP contribution in [0.3, 0.4) is 0 Å². The molecule has 1 aromatic carbocycles. The number of aromatic nitrogens is 4. The Morgan fingerprint density at radius 1 is 1.50 bits per heavy atom. The second-order valence-electron chi connectivity index (χ2n) is 5.32. The SMILES string of the molecule is CCC[C@@H](NC(=O)[C@H]1SCCc2ccccc21)c1nn[nH]n1. The van der Waals surface area contributed by atoms with Crippen molar-refractivity contribution < 1.29 is 4.79 Å². The number of carbonyl (C=O) groups is 1. The first-order valence-electron chi connectivity index (χ1n) is 7.52. The van der Waals surface area contributed by atoms with Crippen LogP contribution in [0.1, 0.15) is 48.0 Å². The fourth-order valence-electron chi connectivity index (χ4n) is 2.73. The highest BCUT2D eigenvalue weighted by molar-refractivity contribution is 8.00. The van der Waals surface area contributed by atoms with Gasteiger partial charge < -0.3 is 5.32 Å². The number of nitrogens with zero attached hydrogens (tertiary/aromatic N) is 3. The van der Waals surface area contributed by atoms with E-state index in [0.29, 0.717) is 5.82 Å². The number of nitrogens with one attached hydrogen (secondary N) is 2. The van der Waals surface area contributed by atoms with E-state index in [9.17, 15) is 4.79 Å². The number of benzene rings is 1. The number of fused-ring (bicyclic) bond motifs is 1. The minimum Gasteiger partial charge on any atom is -0.345 e. The molecule has 6 nitrogen and oxygen atoms in total. The number of amides is 1. The van der Waals surface area contributed by atoms with E-state index in [-0.39, 0.29) is 17.2 Å². The number of hydrogen-bond donors (Lipinski definition) is 2. The van der Waals surface area contributed by atoms with Crippen molar-refractivity contribution in [3.8, 4) is 0 Å². The molecule has 1 aromatic heterocycles. The summed E-state index contributed by atoms with van der Waals surface area (Å²) in [5, 5.41) is 17.0. The lowest BCUT2D eigenvalue weighted by molar-refractivity contribution is -0.121. The average molecular weight is 317 g/mol. The predicted molar refractivity (Wildman–Crippen MR) is 85.3 cm³/mol. The minimum absolute atomic E-state index is 0.0281. The smallest absolute Gasteiger partial charge is 0.238 e. The van der Waals surface area contributed by atoms with Gasteiger partial charge in [-0.3, -0.25) is 4.79 Å². The van der Waals surface area contributed by atoms with Gasteiger partial charge in [0.05, 0.1) is 6.04 Å². The summed E-state index contributed by atoms with van der Waals surface area (Å²) in [6, 6.07) is 8.00. The molecule has 1 aliphatic rings. The maximum absolute atomic E-state index is 12.7. The predicted octanol–water partition coefficient (Wildman–Crippen LogP) is 2.19. The topological polar surface area (TPSA) is 83.6 Å². The summed E-state index contributed by atoms with van der Waals surface area (Å²) >= 11 is 1.70. The Bertz CT molecular complexity index is 631. The quantitative estimate of drug-likeness (QED) is 0.883. The molecule has 0 spiro atoms. The molecule has 2 aromatic rings. The van der Waals surface area contributed by atoms with E-state index in [1.165, 1.54) is 5.56 Å². The van der Waals surface area contributed by atoms with E-state index in [0.717, 1.165) is 30.6 Å². The minimum atomic E-state index is -0.189. The zero-order chi connectivity index (χ0) is 15.4. The Hall–Kier alpha value is -1.89. The van der Waals surface area contributed by atoms with Crippen molar-refractivity contribution >= 4 is 17.7 Å². The lowest BCUT2D eigenvalue weighted by Gasteiger charge is -2.26. The van der Waals surface area contributed by atoms with Crippen molar-refractivity contribution in [2.24, 2.45) is 0 Å². The second kappa shape index (κ2) is 6.91. The Morgan fingerprint density at radius 2 is 2.36 bits per heavy atom. The molecule has 3 rings (SSSR count). The molecule has 0 radical (unpaired) electrons. The lowest BCUT2D eigenvalue weighted by atomic mass is 10.0. The van der Waals surface area contributed by atoms with Crippen molar-refractivity contribution in [2.45, 2.75) is 37.5 Å². The zero-order valence-corrected chi connectivity index (χ0v) is 13.3. The Morgan fingerprint density at radius 3 is 3.14 bits per heavy atom. The van der Waals surface area contributed by atoms with Gasteiger partial charge in [-0.25, -0.2) is 0 Å². The first-order chi connectivity index (χ1) is 10.8. The summed E-state index contributed by atoms with van der Waals surface area (Å²) in [5.41, 5.74) is 2.40. The summed E-state index contributed by atoms with van der Waals surface area (Å²) in [5.74, 6) is 1.54. The van der Waals surface area contributed by atoms with Crippen LogP contribution in [0.25, 0.3) is 0 Å². The zero-order valence-electron chi connectivity index (χ0n) is 12.5. The van der Waals surface area contributed by atoms with Crippen LogP contribution in [0.2, 0.25) is 0 Å². The van der Waals surface area contributed by atoms with Crippen molar-refractivity contribution in [1.29, 1.82) is 0 Å². The number of H-pyrrole nitrogens is 1. The summed E-state index contributed by atoms with van der Waals surface area (Å²) in [4.78, 5) is 12.7. The molecule has 7 heteroatoms. The first-order valence-corrected chi connectivity index (χ1v) is 8.57. The van der Waals surface area contributed by atoms with Crippen LogP contribution in [0, 0.1) is 0 Å².